The van der Waals surface area contributed by atoms with Crippen molar-refractivity contribution in [3.63, 3.8) is 0 Å². The molecule has 0 amide bonds. The standard InChI is InChI=1S/C15H19ClN2O/c1-2-3-9-18-10-8-17-14(18)11-12-4-6-13(7-5-12)15(16)19/h4-8,10,15,19H,2-3,9,11H2,1H3. The number of aliphatic hydroxyl groups is 1. The largest absolute Gasteiger partial charge is 0.373 e. The molecular weight excluding hydrogens is 260 g/mol. The number of unbranched alkanes of at least 4 members (excludes halogenated alkanes) is 1. The minimum Gasteiger partial charge on any atom is -0.373 e. The first kappa shape index (κ1) is 14.1. The summed E-state index contributed by atoms with van der Waals surface area (Å²) in [6.45, 7) is 3.21. The van der Waals surface area contributed by atoms with Gasteiger partial charge < -0.3 is 9.67 Å². The van der Waals surface area contributed by atoms with Crippen molar-refractivity contribution in [2.75, 3.05) is 0 Å². The van der Waals surface area contributed by atoms with E-state index in [1.807, 2.05) is 36.7 Å². The number of alkyl halides is 1. The lowest BCUT2D eigenvalue weighted by molar-refractivity contribution is 0.263. The zero-order valence-electron chi connectivity index (χ0n) is 11.1. The SMILES string of the molecule is CCCCn1ccnc1Cc1ccc(C(O)Cl)cc1. The van der Waals surface area contributed by atoms with Crippen LogP contribution in [0.4, 0.5) is 0 Å². The lowest BCUT2D eigenvalue weighted by atomic mass is 10.1. The highest BCUT2D eigenvalue weighted by Gasteiger charge is 2.06. The first-order valence-electron chi connectivity index (χ1n) is 6.61. The summed E-state index contributed by atoms with van der Waals surface area (Å²) in [5.74, 6) is 1.08. The molecule has 4 heteroatoms. The first-order valence-corrected chi connectivity index (χ1v) is 7.05. The van der Waals surface area contributed by atoms with Crippen LogP contribution in [-0.4, -0.2) is 14.7 Å². The van der Waals surface area contributed by atoms with Gasteiger partial charge in [-0.15, -0.1) is 0 Å². The van der Waals surface area contributed by atoms with Gasteiger partial charge in [0.15, 0.2) is 5.56 Å². The van der Waals surface area contributed by atoms with Gasteiger partial charge >= 0.3 is 0 Å². The number of rotatable bonds is 6. The molecule has 0 aliphatic heterocycles. The van der Waals surface area contributed by atoms with Gasteiger partial charge in [0.2, 0.25) is 0 Å². The van der Waals surface area contributed by atoms with Crippen molar-refractivity contribution in [2.45, 2.75) is 38.3 Å². The third kappa shape index (κ3) is 3.82. The molecular formula is C15H19ClN2O. The highest BCUT2D eigenvalue weighted by molar-refractivity contribution is 6.19. The van der Waals surface area contributed by atoms with E-state index in [-0.39, 0.29) is 0 Å². The highest BCUT2D eigenvalue weighted by atomic mass is 35.5. The number of benzene rings is 1. The van der Waals surface area contributed by atoms with Crippen molar-refractivity contribution in [1.29, 1.82) is 0 Å². The molecule has 3 nitrogen and oxygen atoms in total. The molecule has 19 heavy (non-hydrogen) atoms. The fourth-order valence-corrected chi connectivity index (χ4v) is 2.16. The number of aryl methyl sites for hydroxylation is 1. The van der Waals surface area contributed by atoms with E-state index in [4.69, 9.17) is 11.6 Å². The summed E-state index contributed by atoms with van der Waals surface area (Å²) < 4.78 is 2.20. The number of hydrogen-bond acceptors (Lipinski definition) is 2. The Hall–Kier alpha value is -1.32. The number of nitrogens with zero attached hydrogens (tertiary/aromatic N) is 2. The van der Waals surface area contributed by atoms with Crippen LogP contribution in [0.1, 0.15) is 42.3 Å². The molecule has 1 N–H and O–H groups in total. The molecule has 0 saturated carbocycles. The van der Waals surface area contributed by atoms with Gasteiger partial charge in [-0.05, 0) is 17.5 Å². The lowest BCUT2D eigenvalue weighted by Crippen LogP contribution is -2.04. The Morgan fingerprint density at radius 3 is 2.68 bits per heavy atom. The van der Waals surface area contributed by atoms with E-state index < -0.39 is 5.56 Å². The number of aromatic nitrogens is 2. The average Bonchev–Trinajstić information content (AvgIpc) is 2.84. The van der Waals surface area contributed by atoms with E-state index in [1.165, 1.54) is 18.4 Å². The van der Waals surface area contributed by atoms with Crippen molar-refractivity contribution >= 4 is 11.6 Å². The second-order valence-electron chi connectivity index (χ2n) is 4.64. The molecule has 1 atom stereocenters. The summed E-state index contributed by atoms with van der Waals surface area (Å²) in [5.41, 5.74) is 0.963. The second kappa shape index (κ2) is 6.73. The molecule has 0 spiro atoms. The summed E-state index contributed by atoms with van der Waals surface area (Å²) in [5, 5.41) is 9.26. The predicted molar refractivity (Wildman–Crippen MR) is 77.2 cm³/mol. The van der Waals surface area contributed by atoms with Crippen molar-refractivity contribution in [3.05, 3.63) is 53.6 Å². The zero-order chi connectivity index (χ0) is 13.7. The molecule has 1 unspecified atom stereocenters. The molecule has 1 aromatic heterocycles. The zero-order valence-corrected chi connectivity index (χ0v) is 11.8. The van der Waals surface area contributed by atoms with Crippen molar-refractivity contribution in [1.82, 2.24) is 9.55 Å². The summed E-state index contributed by atoms with van der Waals surface area (Å²) >= 11 is 5.62. The second-order valence-corrected chi connectivity index (χ2v) is 5.06. The maximum absolute atomic E-state index is 9.26. The van der Waals surface area contributed by atoms with Crippen LogP contribution in [-0.2, 0) is 13.0 Å². The Morgan fingerprint density at radius 2 is 2.05 bits per heavy atom. The Morgan fingerprint density at radius 1 is 1.32 bits per heavy atom. The third-order valence-electron chi connectivity index (χ3n) is 3.17. The van der Waals surface area contributed by atoms with Crippen LogP contribution in [0.15, 0.2) is 36.7 Å². The highest BCUT2D eigenvalue weighted by Crippen LogP contribution is 2.18. The van der Waals surface area contributed by atoms with Crippen LogP contribution in [0.2, 0.25) is 0 Å². The van der Waals surface area contributed by atoms with Gasteiger partial charge in [0.1, 0.15) is 5.82 Å². The summed E-state index contributed by atoms with van der Waals surface area (Å²) in [6.07, 6.45) is 7.03. The normalized spacial score (nSPS) is 12.6. The first-order chi connectivity index (χ1) is 9.20. The van der Waals surface area contributed by atoms with Crippen LogP contribution >= 0.6 is 11.6 Å². The molecule has 2 aromatic rings. The Bertz CT molecular complexity index is 505. The van der Waals surface area contributed by atoms with Crippen molar-refractivity contribution < 1.29 is 5.11 Å². The van der Waals surface area contributed by atoms with E-state index in [1.54, 1.807) is 0 Å². The van der Waals surface area contributed by atoms with Crippen LogP contribution in [0.5, 0.6) is 0 Å². The summed E-state index contributed by atoms with van der Waals surface area (Å²) in [7, 11) is 0. The molecule has 2 rings (SSSR count). The van der Waals surface area contributed by atoms with Gasteiger partial charge in [-0.25, -0.2) is 4.98 Å². The fourth-order valence-electron chi connectivity index (χ4n) is 2.02. The molecule has 0 radical (unpaired) electrons. The molecule has 102 valence electrons. The van der Waals surface area contributed by atoms with Gasteiger partial charge in [-0.1, -0.05) is 49.2 Å². The number of imidazole rings is 1. The number of hydrogen-bond donors (Lipinski definition) is 1. The minimum absolute atomic E-state index is 0.722. The molecule has 0 aliphatic rings. The van der Waals surface area contributed by atoms with Gasteiger partial charge in [-0.2, -0.15) is 0 Å². The maximum atomic E-state index is 9.26. The van der Waals surface area contributed by atoms with Crippen LogP contribution in [0, 0.1) is 0 Å². The molecule has 1 heterocycles. The van der Waals surface area contributed by atoms with Gasteiger partial charge in [0, 0.05) is 25.4 Å². The smallest absolute Gasteiger partial charge is 0.153 e. The van der Waals surface area contributed by atoms with Gasteiger partial charge in [-0.3, -0.25) is 0 Å². The summed E-state index contributed by atoms with van der Waals surface area (Å²) in [6, 6.07) is 7.68. The van der Waals surface area contributed by atoms with Gasteiger partial charge in [0.05, 0.1) is 0 Å². The molecule has 0 aliphatic carbocycles. The van der Waals surface area contributed by atoms with E-state index in [9.17, 15) is 5.11 Å². The van der Waals surface area contributed by atoms with E-state index in [2.05, 4.69) is 16.5 Å². The Kier molecular flexibility index (Phi) is 5.00. The lowest BCUT2D eigenvalue weighted by Gasteiger charge is -2.08. The van der Waals surface area contributed by atoms with Crippen molar-refractivity contribution in [2.24, 2.45) is 0 Å². The van der Waals surface area contributed by atoms with Crippen molar-refractivity contribution in [3.8, 4) is 0 Å². The van der Waals surface area contributed by atoms with Crippen LogP contribution in [0.25, 0.3) is 0 Å². The summed E-state index contributed by atoms with van der Waals surface area (Å²) in [4.78, 5) is 4.41. The van der Waals surface area contributed by atoms with Crippen LogP contribution in [0.3, 0.4) is 0 Å². The van der Waals surface area contributed by atoms with Crippen LogP contribution < -0.4 is 0 Å². The maximum Gasteiger partial charge on any atom is 0.153 e. The molecule has 0 saturated heterocycles. The average molecular weight is 279 g/mol. The Labute approximate surface area is 118 Å². The quantitative estimate of drug-likeness (QED) is 0.821. The monoisotopic (exact) mass is 278 g/mol. The van der Waals surface area contributed by atoms with E-state index in [0.29, 0.717) is 0 Å². The number of halogens is 1. The number of aliphatic hydroxyl groups excluding tert-OH is 1. The van der Waals surface area contributed by atoms with E-state index >= 15 is 0 Å². The van der Waals surface area contributed by atoms with E-state index in [0.717, 1.165) is 24.4 Å². The predicted octanol–water partition coefficient (Wildman–Crippen LogP) is 3.50. The Balaban J connectivity index is 2.06. The topological polar surface area (TPSA) is 38.0 Å². The minimum atomic E-state index is -0.930. The molecule has 1 aromatic carbocycles. The fraction of sp³-hybridized carbons (Fsp3) is 0.400. The van der Waals surface area contributed by atoms with Gasteiger partial charge in [0.25, 0.3) is 0 Å². The third-order valence-corrected chi connectivity index (χ3v) is 3.42. The molecule has 0 fully saturated rings. The molecule has 0 bridgehead atoms.